The number of benzene rings is 5. The summed E-state index contributed by atoms with van der Waals surface area (Å²) in [6.45, 7) is 0. The summed E-state index contributed by atoms with van der Waals surface area (Å²) in [4.78, 5) is 11.7. The van der Waals surface area contributed by atoms with Gasteiger partial charge in [-0.15, -0.1) is 0 Å². The first-order valence-electron chi connectivity index (χ1n) is 14.5. The SMILES string of the molecule is COC(=O)c1cc(Cl)c(-c2cccc(-c3c(-c4c(C#N)cccc4C#N)c4cc(F)ccc4n3S(=O)(=O)c3ccc(C(F)F)cc3)c2)cc1F. The van der Waals surface area contributed by atoms with E-state index in [4.69, 9.17) is 11.6 Å². The highest BCUT2D eigenvalue weighted by atomic mass is 35.5. The third kappa shape index (κ3) is 5.75. The van der Waals surface area contributed by atoms with Gasteiger partial charge in [0.1, 0.15) is 11.6 Å². The van der Waals surface area contributed by atoms with E-state index in [9.17, 15) is 32.5 Å². The molecule has 0 radical (unpaired) electrons. The molecule has 7 nitrogen and oxygen atoms in total. The summed E-state index contributed by atoms with van der Waals surface area (Å²) in [5, 5.41) is 20.2. The first-order valence-corrected chi connectivity index (χ1v) is 16.3. The van der Waals surface area contributed by atoms with Gasteiger partial charge in [-0.1, -0.05) is 48.0 Å². The number of carbonyl (C=O) groups is 1. The van der Waals surface area contributed by atoms with Crippen LogP contribution in [0.15, 0.2) is 102 Å². The van der Waals surface area contributed by atoms with E-state index in [-0.39, 0.29) is 65.5 Å². The first kappa shape index (κ1) is 33.9. The van der Waals surface area contributed by atoms with Crippen LogP contribution >= 0.6 is 11.6 Å². The van der Waals surface area contributed by atoms with Crippen LogP contribution in [-0.4, -0.2) is 25.5 Å². The maximum absolute atomic E-state index is 15.1. The van der Waals surface area contributed by atoms with Crippen molar-refractivity contribution in [2.75, 3.05) is 7.11 Å². The van der Waals surface area contributed by atoms with Gasteiger partial charge in [-0.25, -0.2) is 34.7 Å². The first-order chi connectivity index (χ1) is 23.9. The van der Waals surface area contributed by atoms with E-state index < -0.39 is 45.2 Å². The third-order valence-corrected chi connectivity index (χ3v) is 10.1. The van der Waals surface area contributed by atoms with Crippen molar-refractivity contribution >= 4 is 38.5 Å². The fourth-order valence-electron chi connectivity index (χ4n) is 5.77. The van der Waals surface area contributed by atoms with E-state index >= 15 is 8.78 Å². The highest BCUT2D eigenvalue weighted by Crippen LogP contribution is 2.46. The number of hydrogen-bond donors (Lipinski definition) is 0. The maximum atomic E-state index is 15.1. The third-order valence-electron chi connectivity index (χ3n) is 8.02. The minimum atomic E-state index is -4.69. The molecule has 5 aromatic carbocycles. The van der Waals surface area contributed by atoms with Crippen molar-refractivity contribution in [3.63, 3.8) is 0 Å². The van der Waals surface area contributed by atoms with Crippen molar-refractivity contribution in [1.82, 2.24) is 3.97 Å². The van der Waals surface area contributed by atoms with Crippen LogP contribution < -0.4 is 0 Å². The summed E-state index contributed by atoms with van der Waals surface area (Å²) in [6.07, 6.45) is -2.86. The van der Waals surface area contributed by atoms with Gasteiger partial charge in [-0.05, 0) is 66.2 Å². The number of halogens is 5. The smallest absolute Gasteiger partial charge is 0.340 e. The van der Waals surface area contributed by atoms with Crippen molar-refractivity contribution in [3.8, 4) is 45.6 Å². The fraction of sp³-hybridized carbons (Fsp3) is 0.0541. The number of rotatable bonds is 7. The van der Waals surface area contributed by atoms with Crippen LogP contribution in [0.3, 0.4) is 0 Å². The molecule has 1 heterocycles. The lowest BCUT2D eigenvalue weighted by molar-refractivity contribution is 0.0595. The second-order valence-corrected chi connectivity index (χ2v) is 13.1. The Balaban J connectivity index is 1.75. The molecular weight excluding hydrogens is 694 g/mol. The highest BCUT2D eigenvalue weighted by molar-refractivity contribution is 7.90. The van der Waals surface area contributed by atoms with Gasteiger partial charge < -0.3 is 4.74 Å². The molecule has 0 aliphatic carbocycles. The van der Waals surface area contributed by atoms with Crippen LogP contribution in [0.4, 0.5) is 17.6 Å². The van der Waals surface area contributed by atoms with Gasteiger partial charge in [0.25, 0.3) is 16.4 Å². The molecule has 50 heavy (non-hydrogen) atoms. The number of alkyl halides is 2. The average molecular weight is 714 g/mol. The molecule has 0 N–H and O–H groups in total. The van der Waals surface area contributed by atoms with Crippen molar-refractivity contribution in [2.24, 2.45) is 0 Å². The lowest BCUT2D eigenvalue weighted by Crippen LogP contribution is -2.14. The molecule has 0 fully saturated rings. The van der Waals surface area contributed by atoms with Gasteiger partial charge in [-0.2, -0.15) is 10.5 Å². The predicted molar refractivity (Wildman–Crippen MR) is 178 cm³/mol. The predicted octanol–water partition coefficient (Wildman–Crippen LogP) is 9.28. The van der Waals surface area contributed by atoms with Gasteiger partial charge in [0.05, 0.1) is 52.0 Å². The number of fused-ring (bicyclic) bond motifs is 1. The minimum absolute atomic E-state index is 0.0106. The number of carbonyl (C=O) groups excluding carboxylic acids is 1. The Morgan fingerprint density at radius 2 is 1.48 bits per heavy atom. The number of methoxy groups -OCH3 is 1. The van der Waals surface area contributed by atoms with Crippen LogP contribution in [0.5, 0.6) is 0 Å². The quantitative estimate of drug-likeness (QED) is 0.120. The Morgan fingerprint density at radius 1 is 0.840 bits per heavy atom. The van der Waals surface area contributed by atoms with Gasteiger partial charge >= 0.3 is 5.97 Å². The van der Waals surface area contributed by atoms with Crippen molar-refractivity contribution < 1.29 is 35.5 Å². The van der Waals surface area contributed by atoms with Crippen molar-refractivity contribution in [2.45, 2.75) is 11.3 Å². The van der Waals surface area contributed by atoms with Crippen LogP contribution in [-0.2, 0) is 14.8 Å². The molecule has 6 aromatic rings. The lowest BCUT2D eigenvalue weighted by atomic mass is 9.90. The molecule has 1 aromatic heterocycles. The molecule has 0 unspecified atom stereocenters. The van der Waals surface area contributed by atoms with Gasteiger partial charge in [0.2, 0.25) is 0 Å². The summed E-state index contributed by atoms with van der Waals surface area (Å²) in [5.74, 6) is -2.65. The minimum Gasteiger partial charge on any atom is -0.465 e. The van der Waals surface area contributed by atoms with Crippen molar-refractivity contribution in [3.05, 3.63) is 136 Å². The monoisotopic (exact) mass is 713 g/mol. The summed E-state index contributed by atoms with van der Waals surface area (Å²) in [5.41, 5.74) is -0.484. The van der Waals surface area contributed by atoms with Crippen LogP contribution in [0.2, 0.25) is 5.02 Å². The van der Waals surface area contributed by atoms with E-state index in [1.54, 1.807) is 6.07 Å². The Hall–Kier alpha value is -5.95. The summed E-state index contributed by atoms with van der Waals surface area (Å²) in [6, 6.07) is 23.8. The summed E-state index contributed by atoms with van der Waals surface area (Å²) in [7, 11) is -3.61. The van der Waals surface area contributed by atoms with Crippen LogP contribution in [0.25, 0.3) is 44.4 Å². The molecule has 0 saturated carbocycles. The zero-order valence-electron chi connectivity index (χ0n) is 25.6. The number of nitrogens with zero attached hydrogens (tertiary/aromatic N) is 3. The Kier molecular flexibility index (Phi) is 8.93. The number of nitriles is 2. The fourth-order valence-corrected chi connectivity index (χ4v) is 7.59. The molecule has 13 heteroatoms. The second kappa shape index (κ2) is 13.2. The zero-order chi connectivity index (χ0) is 35.9. The van der Waals surface area contributed by atoms with Crippen LogP contribution in [0.1, 0.15) is 33.5 Å². The average Bonchev–Trinajstić information content (AvgIpc) is 3.46. The normalized spacial score (nSPS) is 11.4. The van der Waals surface area contributed by atoms with Gasteiger partial charge in [0.15, 0.2) is 0 Å². The summed E-state index contributed by atoms with van der Waals surface area (Å²) < 4.78 is 91.6. The van der Waals surface area contributed by atoms with E-state index in [2.05, 4.69) is 4.74 Å². The summed E-state index contributed by atoms with van der Waals surface area (Å²) >= 11 is 6.50. The maximum Gasteiger partial charge on any atom is 0.340 e. The second-order valence-electron chi connectivity index (χ2n) is 10.9. The van der Waals surface area contributed by atoms with Crippen LogP contribution in [0, 0.1) is 34.3 Å². The topological polar surface area (TPSA) is 113 Å². The molecule has 248 valence electrons. The molecule has 0 spiro atoms. The Bertz CT molecular complexity index is 2520. The standard InChI is InChI=1S/C37H20ClF4N3O4S/c1-49-37(46)28-16-30(38)27(17-31(28)40)21-4-2-5-22(14-21)35-34(33-23(18-43)6-3-7-24(33)19-44)29-15-25(39)10-13-32(29)45(35)50(47,48)26-11-8-20(9-12-26)36(41)42/h2-17,36H,1H3. The van der Waals surface area contributed by atoms with E-state index in [1.807, 2.05) is 12.1 Å². The number of aromatic nitrogens is 1. The van der Waals surface area contributed by atoms with Gasteiger partial charge in [-0.3, -0.25) is 0 Å². The molecule has 0 aliphatic rings. The molecule has 6 rings (SSSR count). The Morgan fingerprint density at radius 3 is 2.10 bits per heavy atom. The Labute approximate surface area is 287 Å². The molecular formula is C37H20ClF4N3O4S. The number of esters is 1. The zero-order valence-corrected chi connectivity index (χ0v) is 27.2. The molecule has 0 atom stereocenters. The molecule has 0 saturated heterocycles. The van der Waals surface area contributed by atoms with E-state index in [0.29, 0.717) is 0 Å². The number of ether oxygens (including phenoxy) is 1. The van der Waals surface area contributed by atoms with E-state index in [0.717, 1.165) is 59.6 Å². The molecule has 0 amide bonds. The molecule has 0 bridgehead atoms. The number of hydrogen-bond acceptors (Lipinski definition) is 6. The van der Waals surface area contributed by atoms with Crippen molar-refractivity contribution in [1.29, 1.82) is 10.5 Å². The van der Waals surface area contributed by atoms with Gasteiger partial charge in [0, 0.05) is 38.2 Å². The highest BCUT2D eigenvalue weighted by Gasteiger charge is 2.31. The largest absolute Gasteiger partial charge is 0.465 e. The lowest BCUT2D eigenvalue weighted by Gasteiger charge is -2.16. The molecule has 0 aliphatic heterocycles. The van der Waals surface area contributed by atoms with E-state index in [1.165, 1.54) is 42.5 Å².